The molecule has 1 N–H and O–H groups in total. The first-order valence-corrected chi connectivity index (χ1v) is 5.89. The Morgan fingerprint density at radius 1 is 1.40 bits per heavy atom. The van der Waals surface area contributed by atoms with Gasteiger partial charge in [-0.3, -0.25) is 4.79 Å². The quantitative estimate of drug-likeness (QED) is 0.857. The van der Waals surface area contributed by atoms with Gasteiger partial charge in [-0.15, -0.1) is 0 Å². The van der Waals surface area contributed by atoms with Crippen molar-refractivity contribution in [3.05, 3.63) is 15.4 Å². The maximum atomic E-state index is 11.7. The molecule has 1 rings (SSSR count). The first kappa shape index (κ1) is 12.6. The minimum atomic E-state index is -0.450. The highest BCUT2D eigenvalue weighted by molar-refractivity contribution is 9.11. The second-order valence-electron chi connectivity index (χ2n) is 4.04. The van der Waals surface area contributed by atoms with Crippen LogP contribution in [0.4, 0.5) is 5.82 Å². The van der Waals surface area contributed by atoms with E-state index in [1.54, 1.807) is 0 Å². The molecular formula is C9H11Br2N3O. The number of hydrogen-bond donors (Lipinski definition) is 1. The Hall–Kier alpha value is -0.490. The van der Waals surface area contributed by atoms with Crippen LogP contribution in [-0.2, 0) is 4.79 Å². The number of amides is 1. The van der Waals surface area contributed by atoms with E-state index in [1.165, 1.54) is 6.20 Å². The Morgan fingerprint density at radius 2 is 2.00 bits per heavy atom. The van der Waals surface area contributed by atoms with Gasteiger partial charge in [-0.2, -0.15) is 0 Å². The molecular weight excluding hydrogens is 326 g/mol. The number of carbonyl (C=O) groups is 1. The normalized spacial score (nSPS) is 11.3. The zero-order chi connectivity index (χ0) is 11.6. The fourth-order valence-electron chi connectivity index (χ4n) is 0.726. The number of aromatic nitrogens is 2. The first-order chi connectivity index (χ1) is 6.80. The number of halogens is 2. The fourth-order valence-corrected chi connectivity index (χ4v) is 1.64. The van der Waals surface area contributed by atoms with Gasteiger partial charge in [0.25, 0.3) is 0 Å². The number of hydrogen-bond acceptors (Lipinski definition) is 3. The summed E-state index contributed by atoms with van der Waals surface area (Å²) in [6.07, 6.45) is 1.53. The lowest BCUT2D eigenvalue weighted by Crippen LogP contribution is -2.28. The Labute approximate surface area is 105 Å². The van der Waals surface area contributed by atoms with E-state index in [-0.39, 0.29) is 5.91 Å². The maximum absolute atomic E-state index is 11.7. The molecule has 1 aromatic heterocycles. The van der Waals surface area contributed by atoms with Crippen molar-refractivity contribution < 1.29 is 4.79 Å². The molecule has 82 valence electrons. The average Bonchev–Trinajstić information content (AvgIpc) is 2.08. The van der Waals surface area contributed by atoms with Crippen LogP contribution in [0.3, 0.4) is 0 Å². The molecule has 0 saturated carbocycles. The van der Waals surface area contributed by atoms with Gasteiger partial charge in [0.05, 0.1) is 6.20 Å². The summed E-state index contributed by atoms with van der Waals surface area (Å²) in [4.78, 5) is 19.8. The lowest BCUT2D eigenvalue weighted by molar-refractivity contribution is -0.123. The summed E-state index contributed by atoms with van der Waals surface area (Å²) in [7, 11) is 0. The molecule has 0 aliphatic heterocycles. The van der Waals surface area contributed by atoms with E-state index in [1.807, 2.05) is 20.8 Å². The molecule has 0 fully saturated rings. The molecule has 0 aromatic carbocycles. The largest absolute Gasteiger partial charge is 0.308 e. The summed E-state index contributed by atoms with van der Waals surface area (Å²) in [5.74, 6) is 0.331. The Balaban J connectivity index is 2.87. The van der Waals surface area contributed by atoms with Crippen molar-refractivity contribution in [1.82, 2.24) is 9.97 Å². The summed E-state index contributed by atoms with van der Waals surface area (Å²) < 4.78 is 1.12. The van der Waals surface area contributed by atoms with Crippen LogP contribution in [0.1, 0.15) is 20.8 Å². The van der Waals surface area contributed by atoms with Gasteiger partial charge in [-0.1, -0.05) is 20.8 Å². The molecule has 0 radical (unpaired) electrons. The van der Waals surface area contributed by atoms with Crippen molar-refractivity contribution >= 4 is 43.6 Å². The van der Waals surface area contributed by atoms with Crippen molar-refractivity contribution in [2.75, 3.05) is 5.32 Å². The molecule has 1 aromatic rings. The maximum Gasteiger partial charge on any atom is 0.230 e. The molecule has 1 heterocycles. The molecule has 15 heavy (non-hydrogen) atoms. The van der Waals surface area contributed by atoms with Crippen molar-refractivity contribution in [3.63, 3.8) is 0 Å². The van der Waals surface area contributed by atoms with Crippen LogP contribution in [0.2, 0.25) is 0 Å². The van der Waals surface area contributed by atoms with Gasteiger partial charge in [-0.25, -0.2) is 9.97 Å². The summed E-state index contributed by atoms with van der Waals surface area (Å²) in [6.45, 7) is 5.51. The van der Waals surface area contributed by atoms with Gasteiger partial charge < -0.3 is 5.32 Å². The minimum Gasteiger partial charge on any atom is -0.308 e. The van der Waals surface area contributed by atoms with Crippen LogP contribution < -0.4 is 5.32 Å². The van der Waals surface area contributed by atoms with Crippen LogP contribution >= 0.6 is 31.9 Å². The molecule has 1 amide bonds. The van der Waals surface area contributed by atoms with Gasteiger partial charge in [-0.05, 0) is 31.9 Å². The minimum absolute atomic E-state index is 0.0974. The first-order valence-electron chi connectivity index (χ1n) is 4.30. The van der Waals surface area contributed by atoms with Crippen LogP contribution in [0.25, 0.3) is 0 Å². The van der Waals surface area contributed by atoms with Crippen molar-refractivity contribution in [2.24, 2.45) is 5.41 Å². The molecule has 0 aliphatic carbocycles. The van der Waals surface area contributed by atoms with E-state index in [0.29, 0.717) is 15.0 Å². The van der Waals surface area contributed by atoms with Gasteiger partial charge in [0.1, 0.15) is 9.21 Å². The summed E-state index contributed by atoms with van der Waals surface area (Å²) >= 11 is 6.41. The Morgan fingerprint density at radius 3 is 2.47 bits per heavy atom. The van der Waals surface area contributed by atoms with Gasteiger partial charge in [0.2, 0.25) is 5.91 Å². The summed E-state index contributed by atoms with van der Waals surface area (Å²) in [5.41, 5.74) is -0.450. The third-order valence-corrected chi connectivity index (χ3v) is 2.55. The highest BCUT2D eigenvalue weighted by Gasteiger charge is 2.22. The smallest absolute Gasteiger partial charge is 0.230 e. The second kappa shape index (κ2) is 4.57. The van der Waals surface area contributed by atoms with E-state index >= 15 is 0 Å². The lowest BCUT2D eigenvalue weighted by Gasteiger charge is -2.17. The van der Waals surface area contributed by atoms with Crippen molar-refractivity contribution in [1.29, 1.82) is 0 Å². The monoisotopic (exact) mass is 335 g/mol. The highest BCUT2D eigenvalue weighted by Crippen LogP contribution is 2.22. The molecule has 0 bridgehead atoms. The zero-order valence-corrected chi connectivity index (χ0v) is 11.8. The van der Waals surface area contributed by atoms with E-state index in [4.69, 9.17) is 0 Å². The lowest BCUT2D eigenvalue weighted by atomic mass is 9.96. The fraction of sp³-hybridized carbons (Fsp3) is 0.444. The zero-order valence-electron chi connectivity index (χ0n) is 8.64. The topological polar surface area (TPSA) is 54.9 Å². The number of nitrogens with one attached hydrogen (secondary N) is 1. The molecule has 0 atom stereocenters. The predicted octanol–water partition coefficient (Wildman–Crippen LogP) is 2.99. The van der Waals surface area contributed by atoms with Crippen LogP contribution in [0.5, 0.6) is 0 Å². The molecule has 0 aliphatic rings. The molecule has 0 spiro atoms. The Bertz CT molecular complexity index is 387. The highest BCUT2D eigenvalue weighted by atomic mass is 79.9. The summed E-state index contributed by atoms with van der Waals surface area (Å²) in [5, 5.41) is 2.70. The van der Waals surface area contributed by atoms with E-state index in [0.717, 1.165) is 0 Å². The summed E-state index contributed by atoms with van der Waals surface area (Å²) in [6, 6.07) is 0. The van der Waals surface area contributed by atoms with Crippen LogP contribution in [0.15, 0.2) is 15.4 Å². The average molecular weight is 337 g/mol. The predicted molar refractivity (Wildman–Crippen MR) is 65.5 cm³/mol. The third kappa shape index (κ3) is 3.53. The van der Waals surface area contributed by atoms with E-state index in [9.17, 15) is 4.79 Å². The molecule has 0 unspecified atom stereocenters. The van der Waals surface area contributed by atoms with Gasteiger partial charge >= 0.3 is 0 Å². The molecule has 4 nitrogen and oxygen atoms in total. The van der Waals surface area contributed by atoms with Gasteiger partial charge in [0, 0.05) is 5.41 Å². The SMILES string of the molecule is CC(C)(C)C(=O)Nc1ncc(Br)nc1Br. The number of nitrogens with zero attached hydrogens (tertiary/aromatic N) is 2. The van der Waals surface area contributed by atoms with E-state index < -0.39 is 5.41 Å². The number of rotatable bonds is 1. The van der Waals surface area contributed by atoms with Crippen LogP contribution in [-0.4, -0.2) is 15.9 Å². The third-order valence-electron chi connectivity index (χ3n) is 1.61. The van der Waals surface area contributed by atoms with Gasteiger partial charge in [0.15, 0.2) is 5.82 Å². The molecule has 6 heteroatoms. The standard InChI is InChI=1S/C9H11Br2N3O/c1-9(2,3)8(15)14-7-6(11)13-5(10)4-12-7/h4H,1-3H3,(H,12,14,15). The number of carbonyl (C=O) groups excluding carboxylic acids is 1. The van der Waals surface area contributed by atoms with Crippen LogP contribution in [0, 0.1) is 5.41 Å². The van der Waals surface area contributed by atoms with Crippen molar-refractivity contribution in [2.45, 2.75) is 20.8 Å². The number of anilines is 1. The van der Waals surface area contributed by atoms with Crippen molar-refractivity contribution in [3.8, 4) is 0 Å². The second-order valence-corrected chi connectivity index (χ2v) is 5.60. The Kier molecular flexibility index (Phi) is 3.83. The molecule has 0 saturated heterocycles. The van der Waals surface area contributed by atoms with E-state index in [2.05, 4.69) is 47.1 Å².